The fourth-order valence-corrected chi connectivity index (χ4v) is 5.79. The van der Waals surface area contributed by atoms with Crippen molar-refractivity contribution < 1.29 is 14.3 Å². The Bertz CT molecular complexity index is 1820. The molecular formula is C31H30N10O3. The number of nitrogen functional groups attached to an aromatic ring is 1. The Hall–Kier alpha value is -5.43. The first-order valence-electron chi connectivity index (χ1n) is 14.5. The van der Waals surface area contributed by atoms with Crippen LogP contribution in [-0.4, -0.2) is 66.4 Å². The van der Waals surface area contributed by atoms with E-state index in [4.69, 9.17) is 15.6 Å². The van der Waals surface area contributed by atoms with Crippen molar-refractivity contribution in [2.75, 3.05) is 30.3 Å². The zero-order valence-corrected chi connectivity index (χ0v) is 23.8. The Morgan fingerprint density at radius 2 is 1.70 bits per heavy atom. The number of nitrogens with two attached hydrogens (primary N) is 1. The van der Waals surface area contributed by atoms with Crippen molar-refractivity contribution in [3.8, 4) is 22.8 Å². The molecule has 2 saturated heterocycles. The summed E-state index contributed by atoms with van der Waals surface area (Å²) in [5.74, 6) is 2.08. The summed E-state index contributed by atoms with van der Waals surface area (Å²) in [6.07, 6.45) is 5.02. The fraction of sp³-hybridized carbons (Fsp3) is 0.258. The van der Waals surface area contributed by atoms with Crippen LogP contribution in [-0.2, 0) is 11.3 Å². The van der Waals surface area contributed by atoms with E-state index < -0.39 is 6.03 Å². The highest BCUT2D eigenvalue weighted by Gasteiger charge is 2.30. The zero-order chi connectivity index (χ0) is 30.0. The number of fused-ring (bicyclic) bond motifs is 1. The van der Waals surface area contributed by atoms with Crippen LogP contribution < -0.4 is 20.7 Å². The molecule has 3 aromatic heterocycles. The minimum absolute atomic E-state index is 0.117. The Kier molecular flexibility index (Phi) is 7.28. The second-order valence-corrected chi connectivity index (χ2v) is 10.8. The fourth-order valence-electron chi connectivity index (χ4n) is 5.79. The summed E-state index contributed by atoms with van der Waals surface area (Å²) >= 11 is 0. The number of nitrogens with zero attached hydrogens (tertiary/aromatic N) is 8. The minimum Gasteiger partial charge on any atom is -0.457 e. The third kappa shape index (κ3) is 5.40. The van der Waals surface area contributed by atoms with Gasteiger partial charge >= 0.3 is 6.03 Å². The van der Waals surface area contributed by atoms with E-state index in [0.29, 0.717) is 23.8 Å². The van der Waals surface area contributed by atoms with Crippen molar-refractivity contribution in [1.29, 1.82) is 0 Å². The zero-order valence-electron chi connectivity index (χ0n) is 23.8. The number of para-hydroxylation sites is 1. The van der Waals surface area contributed by atoms with Gasteiger partial charge in [0.25, 0.3) is 0 Å². The van der Waals surface area contributed by atoms with E-state index in [1.54, 1.807) is 6.20 Å². The van der Waals surface area contributed by atoms with Crippen LogP contribution in [0.25, 0.3) is 22.3 Å². The van der Waals surface area contributed by atoms with Crippen LogP contribution in [0.4, 0.5) is 16.4 Å². The van der Waals surface area contributed by atoms with E-state index in [-0.39, 0.29) is 24.9 Å². The van der Waals surface area contributed by atoms with E-state index >= 15 is 0 Å². The lowest BCUT2D eigenvalue weighted by Crippen LogP contribution is -2.50. The van der Waals surface area contributed by atoms with Gasteiger partial charge in [0.15, 0.2) is 11.5 Å². The predicted octanol–water partition coefficient (Wildman–Crippen LogP) is 3.94. The maximum Gasteiger partial charge on any atom is 0.329 e. The number of imide groups is 1. The molecule has 3 N–H and O–H groups in total. The highest BCUT2D eigenvalue weighted by molar-refractivity contribution is 6.05. The minimum atomic E-state index is -0.470. The number of aromatic nitrogens is 6. The van der Waals surface area contributed by atoms with Crippen LogP contribution >= 0.6 is 0 Å². The lowest BCUT2D eigenvalue weighted by atomic mass is 10.0. The van der Waals surface area contributed by atoms with Crippen molar-refractivity contribution in [2.24, 2.45) is 0 Å². The maximum absolute atomic E-state index is 12.5. The molecule has 2 aliphatic heterocycles. The lowest BCUT2D eigenvalue weighted by Gasteiger charge is -2.33. The van der Waals surface area contributed by atoms with Crippen molar-refractivity contribution in [3.05, 3.63) is 78.8 Å². The standard InChI is InChI=1S/C31H30N10O3/c32-28-26-27(20-6-8-24(9-7-20)44-23-4-2-1-3-5-23)38-41(30(26)34-19-33-28)22-11-15-39(16-12-22)18-21-10-14-35-37-29(21)40-17-13-25(42)36-31(40)43/h1-10,14,19,22H,11-13,15-18H2,(H2,32,33,34)(H,36,42,43). The van der Waals surface area contributed by atoms with Gasteiger partial charge in [-0.1, -0.05) is 18.2 Å². The van der Waals surface area contributed by atoms with Gasteiger partial charge in [-0.3, -0.25) is 19.9 Å². The molecule has 3 amide bonds. The smallest absolute Gasteiger partial charge is 0.329 e. The molecular weight excluding hydrogens is 560 g/mol. The second kappa shape index (κ2) is 11.7. The number of rotatable bonds is 7. The average molecular weight is 591 g/mol. The molecule has 2 fully saturated rings. The number of carbonyl (C=O) groups is 2. The number of ether oxygens (including phenoxy) is 1. The summed E-state index contributed by atoms with van der Waals surface area (Å²) in [5, 5.41) is 16.4. The number of hydrogen-bond donors (Lipinski definition) is 2. The van der Waals surface area contributed by atoms with Gasteiger partial charge in [0.2, 0.25) is 5.91 Å². The molecule has 0 unspecified atom stereocenters. The molecule has 222 valence electrons. The average Bonchev–Trinajstić information content (AvgIpc) is 3.44. The van der Waals surface area contributed by atoms with Crippen molar-refractivity contribution in [1.82, 2.24) is 40.2 Å². The highest BCUT2D eigenvalue weighted by Crippen LogP contribution is 2.35. The van der Waals surface area contributed by atoms with Gasteiger partial charge in [-0.25, -0.2) is 19.4 Å². The molecule has 2 aliphatic rings. The van der Waals surface area contributed by atoms with Gasteiger partial charge in [0, 0.05) is 43.7 Å². The number of urea groups is 1. The first-order valence-corrected chi connectivity index (χ1v) is 14.5. The number of benzene rings is 2. The topological polar surface area (TPSA) is 157 Å². The molecule has 5 heterocycles. The number of nitrogens with one attached hydrogen (secondary N) is 1. The third-order valence-electron chi connectivity index (χ3n) is 8.01. The van der Waals surface area contributed by atoms with Gasteiger partial charge in [-0.05, 0) is 55.3 Å². The van der Waals surface area contributed by atoms with Gasteiger partial charge in [-0.15, -0.1) is 5.10 Å². The van der Waals surface area contributed by atoms with E-state index in [1.165, 1.54) is 11.2 Å². The van der Waals surface area contributed by atoms with Crippen LogP contribution in [0.3, 0.4) is 0 Å². The Morgan fingerprint density at radius 1 is 0.932 bits per heavy atom. The quantitative estimate of drug-likeness (QED) is 0.284. The highest BCUT2D eigenvalue weighted by atomic mass is 16.5. The summed E-state index contributed by atoms with van der Waals surface area (Å²) in [6.45, 7) is 2.49. The van der Waals surface area contributed by atoms with E-state index in [0.717, 1.165) is 59.6 Å². The van der Waals surface area contributed by atoms with Crippen LogP contribution in [0.1, 0.15) is 30.9 Å². The summed E-state index contributed by atoms with van der Waals surface area (Å²) in [6, 6.07) is 18.9. The summed E-state index contributed by atoms with van der Waals surface area (Å²) in [7, 11) is 0. The number of anilines is 2. The Balaban J connectivity index is 1.08. The van der Waals surface area contributed by atoms with Crippen LogP contribution in [0.15, 0.2) is 73.2 Å². The van der Waals surface area contributed by atoms with Gasteiger partial charge in [0.05, 0.1) is 17.6 Å². The van der Waals surface area contributed by atoms with Crippen molar-refractivity contribution in [3.63, 3.8) is 0 Å². The van der Waals surface area contributed by atoms with Crippen molar-refractivity contribution >= 4 is 34.6 Å². The molecule has 5 aromatic rings. The van der Waals surface area contributed by atoms with E-state index in [1.807, 2.05) is 65.3 Å². The summed E-state index contributed by atoms with van der Waals surface area (Å²) < 4.78 is 7.95. The molecule has 0 bridgehead atoms. The Morgan fingerprint density at radius 3 is 2.48 bits per heavy atom. The van der Waals surface area contributed by atoms with E-state index in [9.17, 15) is 9.59 Å². The molecule has 0 radical (unpaired) electrons. The molecule has 7 rings (SSSR count). The molecule has 44 heavy (non-hydrogen) atoms. The molecule has 0 aliphatic carbocycles. The first kappa shape index (κ1) is 27.4. The number of piperidine rings is 1. The number of hydrogen-bond acceptors (Lipinski definition) is 10. The number of carbonyl (C=O) groups excluding carboxylic acids is 2. The molecule has 2 aromatic carbocycles. The molecule has 0 spiro atoms. The molecule has 13 nitrogen and oxygen atoms in total. The number of amides is 3. The summed E-state index contributed by atoms with van der Waals surface area (Å²) in [4.78, 5) is 36.7. The lowest BCUT2D eigenvalue weighted by molar-refractivity contribution is -0.120. The maximum atomic E-state index is 12.5. The van der Waals surface area contributed by atoms with Crippen LogP contribution in [0, 0.1) is 0 Å². The first-order chi connectivity index (χ1) is 21.5. The van der Waals surface area contributed by atoms with Gasteiger partial charge < -0.3 is 10.5 Å². The largest absolute Gasteiger partial charge is 0.457 e. The second-order valence-electron chi connectivity index (χ2n) is 10.8. The van der Waals surface area contributed by atoms with Crippen LogP contribution in [0.5, 0.6) is 11.5 Å². The normalized spacial score (nSPS) is 16.3. The van der Waals surface area contributed by atoms with Gasteiger partial charge in [-0.2, -0.15) is 10.2 Å². The van der Waals surface area contributed by atoms with E-state index in [2.05, 4.69) is 30.4 Å². The summed E-state index contributed by atoms with van der Waals surface area (Å²) in [5.41, 5.74) is 9.60. The SMILES string of the molecule is Nc1ncnc2c1c(-c1ccc(Oc3ccccc3)cc1)nn2C1CCN(Cc2ccnnc2N2CCC(=O)NC2=O)CC1. The predicted molar refractivity (Wildman–Crippen MR) is 163 cm³/mol. The van der Waals surface area contributed by atoms with Gasteiger partial charge in [0.1, 0.15) is 29.3 Å². The monoisotopic (exact) mass is 590 g/mol. The third-order valence-corrected chi connectivity index (χ3v) is 8.01. The van der Waals surface area contributed by atoms with Crippen molar-refractivity contribution in [2.45, 2.75) is 31.8 Å². The molecule has 0 atom stereocenters. The molecule has 13 heteroatoms. The molecule has 0 saturated carbocycles. The van der Waals surface area contributed by atoms with Crippen LogP contribution in [0.2, 0.25) is 0 Å². The number of likely N-dealkylation sites (tertiary alicyclic amines) is 1. The Labute approximate surface area is 252 Å².